The highest BCUT2D eigenvalue weighted by atomic mass is 19.1. The van der Waals surface area contributed by atoms with Gasteiger partial charge in [0.2, 0.25) is 0 Å². The summed E-state index contributed by atoms with van der Waals surface area (Å²) < 4.78 is 24.6. The van der Waals surface area contributed by atoms with Gasteiger partial charge in [-0.15, -0.1) is 0 Å². The molecular formula is C20H24FNO3. The highest BCUT2D eigenvalue weighted by Crippen LogP contribution is 2.29. The number of hydrogen-bond donors (Lipinski definition) is 1. The van der Waals surface area contributed by atoms with Crippen LogP contribution in [0.5, 0.6) is 11.5 Å². The molecule has 0 aliphatic heterocycles. The van der Waals surface area contributed by atoms with E-state index < -0.39 is 0 Å². The highest BCUT2D eigenvalue weighted by molar-refractivity contribution is 6.05. The quantitative estimate of drug-likeness (QED) is 0.735. The summed E-state index contributed by atoms with van der Waals surface area (Å²) >= 11 is 0. The summed E-state index contributed by atoms with van der Waals surface area (Å²) in [5.74, 6) is 0.574. The van der Waals surface area contributed by atoms with Crippen molar-refractivity contribution in [1.29, 1.82) is 0 Å². The van der Waals surface area contributed by atoms with Gasteiger partial charge in [0.25, 0.3) is 5.91 Å². The second kappa shape index (κ2) is 9.06. The van der Waals surface area contributed by atoms with E-state index in [2.05, 4.69) is 5.32 Å². The number of carbonyl (C=O) groups excluding carboxylic acids is 1. The Kier molecular flexibility index (Phi) is 6.81. The van der Waals surface area contributed by atoms with Crippen molar-refractivity contribution in [2.75, 3.05) is 18.5 Å². The van der Waals surface area contributed by atoms with E-state index >= 15 is 0 Å². The molecule has 1 N–H and O–H groups in total. The molecule has 0 aromatic heterocycles. The van der Waals surface area contributed by atoms with Crippen molar-refractivity contribution in [3.05, 3.63) is 53.3 Å². The van der Waals surface area contributed by atoms with Crippen molar-refractivity contribution in [3.63, 3.8) is 0 Å². The van der Waals surface area contributed by atoms with Crippen LogP contribution in [0.2, 0.25) is 0 Å². The van der Waals surface area contributed by atoms with Gasteiger partial charge in [0.05, 0.1) is 13.2 Å². The standard InChI is InChI=1S/C20H24FNO3/c1-4-10-24-18-9-6-15(13-19(18)25-11-5-2)20(23)22-17-8-7-16(21)12-14(17)3/h6-9,12-13H,4-5,10-11H2,1-3H3,(H,22,23). The molecule has 2 aromatic rings. The van der Waals surface area contributed by atoms with E-state index in [4.69, 9.17) is 9.47 Å². The molecule has 134 valence electrons. The smallest absolute Gasteiger partial charge is 0.255 e. The largest absolute Gasteiger partial charge is 0.490 e. The zero-order chi connectivity index (χ0) is 18.2. The number of rotatable bonds is 8. The first-order valence-corrected chi connectivity index (χ1v) is 8.52. The summed E-state index contributed by atoms with van der Waals surface area (Å²) in [5.41, 5.74) is 1.70. The molecule has 2 rings (SSSR count). The van der Waals surface area contributed by atoms with E-state index in [1.807, 2.05) is 13.8 Å². The summed E-state index contributed by atoms with van der Waals surface area (Å²) in [7, 11) is 0. The van der Waals surface area contributed by atoms with E-state index in [1.165, 1.54) is 12.1 Å². The van der Waals surface area contributed by atoms with Crippen LogP contribution in [0.15, 0.2) is 36.4 Å². The van der Waals surface area contributed by atoms with Crippen LogP contribution in [0, 0.1) is 12.7 Å². The maximum Gasteiger partial charge on any atom is 0.255 e. The fraction of sp³-hybridized carbons (Fsp3) is 0.350. The fourth-order valence-corrected chi connectivity index (χ4v) is 2.27. The Morgan fingerprint density at radius 2 is 1.68 bits per heavy atom. The summed E-state index contributed by atoms with van der Waals surface area (Å²) in [6.07, 6.45) is 1.75. The first-order chi connectivity index (χ1) is 12.0. The van der Waals surface area contributed by atoms with E-state index in [0.717, 1.165) is 12.8 Å². The predicted molar refractivity (Wildman–Crippen MR) is 97.1 cm³/mol. The first-order valence-electron chi connectivity index (χ1n) is 8.52. The number of carbonyl (C=O) groups is 1. The van der Waals surface area contributed by atoms with Crippen molar-refractivity contribution in [2.24, 2.45) is 0 Å². The number of benzene rings is 2. The molecule has 2 aromatic carbocycles. The Balaban J connectivity index is 2.20. The number of nitrogens with one attached hydrogen (secondary N) is 1. The number of ether oxygens (including phenoxy) is 2. The summed E-state index contributed by atoms with van der Waals surface area (Å²) in [5, 5.41) is 2.80. The zero-order valence-corrected chi connectivity index (χ0v) is 14.9. The Morgan fingerprint density at radius 3 is 2.32 bits per heavy atom. The molecule has 0 heterocycles. The first kappa shape index (κ1) is 18.8. The molecule has 5 heteroatoms. The van der Waals surface area contributed by atoms with E-state index in [9.17, 15) is 9.18 Å². The molecule has 0 unspecified atom stereocenters. The minimum Gasteiger partial charge on any atom is -0.490 e. The average Bonchev–Trinajstić information content (AvgIpc) is 2.60. The summed E-state index contributed by atoms with van der Waals surface area (Å²) in [6, 6.07) is 9.36. The minimum absolute atomic E-state index is 0.280. The van der Waals surface area contributed by atoms with Crippen molar-refractivity contribution < 1.29 is 18.7 Å². The number of amides is 1. The molecule has 0 saturated carbocycles. The van der Waals surface area contributed by atoms with Gasteiger partial charge in [-0.1, -0.05) is 13.8 Å². The van der Waals surface area contributed by atoms with Crippen LogP contribution < -0.4 is 14.8 Å². The molecule has 0 saturated heterocycles. The van der Waals surface area contributed by atoms with Gasteiger partial charge in [-0.2, -0.15) is 0 Å². The second-order valence-electron chi connectivity index (χ2n) is 5.77. The van der Waals surface area contributed by atoms with Crippen molar-refractivity contribution in [1.82, 2.24) is 0 Å². The second-order valence-corrected chi connectivity index (χ2v) is 5.77. The van der Waals surface area contributed by atoms with E-state index in [0.29, 0.717) is 41.5 Å². The van der Waals surface area contributed by atoms with Crippen LogP contribution >= 0.6 is 0 Å². The minimum atomic E-state index is -0.330. The van der Waals surface area contributed by atoms with Crippen molar-refractivity contribution in [3.8, 4) is 11.5 Å². The van der Waals surface area contributed by atoms with Gasteiger partial charge < -0.3 is 14.8 Å². The lowest BCUT2D eigenvalue weighted by Gasteiger charge is -2.14. The van der Waals surface area contributed by atoms with Crippen LogP contribution in [0.3, 0.4) is 0 Å². The molecule has 0 atom stereocenters. The molecule has 0 spiro atoms. The normalized spacial score (nSPS) is 10.4. The molecule has 0 aliphatic carbocycles. The Morgan fingerprint density at radius 1 is 1.00 bits per heavy atom. The van der Waals surface area contributed by atoms with Gasteiger partial charge in [-0.3, -0.25) is 4.79 Å². The zero-order valence-electron chi connectivity index (χ0n) is 14.9. The van der Waals surface area contributed by atoms with Gasteiger partial charge in [-0.25, -0.2) is 4.39 Å². The molecule has 0 bridgehead atoms. The maximum atomic E-state index is 13.2. The average molecular weight is 345 g/mol. The lowest BCUT2D eigenvalue weighted by Crippen LogP contribution is -2.13. The van der Waals surface area contributed by atoms with E-state index in [1.54, 1.807) is 31.2 Å². The summed E-state index contributed by atoms with van der Waals surface area (Å²) in [4.78, 5) is 12.5. The maximum absolute atomic E-state index is 13.2. The van der Waals surface area contributed by atoms with Gasteiger partial charge in [-0.05, 0) is 61.7 Å². The number of aryl methyl sites for hydroxylation is 1. The van der Waals surface area contributed by atoms with Gasteiger partial charge >= 0.3 is 0 Å². The Labute approximate surface area is 148 Å². The van der Waals surface area contributed by atoms with Crippen molar-refractivity contribution in [2.45, 2.75) is 33.6 Å². The third kappa shape index (κ3) is 5.21. The highest BCUT2D eigenvalue weighted by Gasteiger charge is 2.13. The molecule has 4 nitrogen and oxygen atoms in total. The van der Waals surface area contributed by atoms with Crippen LogP contribution in [0.4, 0.5) is 10.1 Å². The Bertz CT molecular complexity index is 731. The lowest BCUT2D eigenvalue weighted by molar-refractivity contribution is 0.102. The van der Waals surface area contributed by atoms with Gasteiger partial charge in [0, 0.05) is 11.3 Å². The molecular weight excluding hydrogens is 321 g/mol. The molecule has 1 amide bonds. The van der Waals surface area contributed by atoms with Gasteiger partial charge in [0.1, 0.15) is 5.82 Å². The van der Waals surface area contributed by atoms with Crippen LogP contribution in [0.25, 0.3) is 0 Å². The van der Waals surface area contributed by atoms with Crippen LogP contribution in [-0.4, -0.2) is 19.1 Å². The summed E-state index contributed by atoms with van der Waals surface area (Å²) in [6.45, 7) is 6.92. The number of halogens is 1. The van der Waals surface area contributed by atoms with Gasteiger partial charge in [0.15, 0.2) is 11.5 Å². The van der Waals surface area contributed by atoms with Crippen LogP contribution in [-0.2, 0) is 0 Å². The Hall–Kier alpha value is -2.56. The monoisotopic (exact) mass is 345 g/mol. The molecule has 25 heavy (non-hydrogen) atoms. The van der Waals surface area contributed by atoms with E-state index in [-0.39, 0.29) is 11.7 Å². The third-order valence-electron chi connectivity index (χ3n) is 3.57. The molecule has 0 fully saturated rings. The predicted octanol–water partition coefficient (Wildman–Crippen LogP) is 4.96. The molecule has 0 radical (unpaired) electrons. The number of hydrogen-bond acceptors (Lipinski definition) is 3. The van der Waals surface area contributed by atoms with Crippen molar-refractivity contribution >= 4 is 11.6 Å². The third-order valence-corrected chi connectivity index (χ3v) is 3.57. The number of anilines is 1. The topological polar surface area (TPSA) is 47.6 Å². The SMILES string of the molecule is CCCOc1ccc(C(=O)Nc2ccc(F)cc2C)cc1OCCC. The lowest BCUT2D eigenvalue weighted by atomic mass is 10.1. The fourth-order valence-electron chi connectivity index (χ4n) is 2.27. The van der Waals surface area contributed by atoms with Crippen LogP contribution in [0.1, 0.15) is 42.6 Å². The molecule has 0 aliphatic rings.